The molecular formula is C26H22ClN3O. The number of pyridine rings is 1. The highest BCUT2D eigenvalue weighted by Gasteiger charge is 2.12. The van der Waals surface area contributed by atoms with Crippen LogP contribution in [0.1, 0.15) is 16.1 Å². The highest BCUT2D eigenvalue weighted by atomic mass is 35.5. The molecule has 1 amide bonds. The highest BCUT2D eigenvalue weighted by molar-refractivity contribution is 6.30. The minimum absolute atomic E-state index is 0.151. The van der Waals surface area contributed by atoms with Crippen molar-refractivity contribution in [3.63, 3.8) is 0 Å². The Morgan fingerprint density at radius 3 is 2.26 bits per heavy atom. The fourth-order valence-electron chi connectivity index (χ4n) is 3.31. The molecule has 0 fully saturated rings. The summed E-state index contributed by atoms with van der Waals surface area (Å²) in [7, 11) is 0. The standard InChI is InChI=1S/C26H22ClN3O/c27-20-10-8-19(9-11-20)24-6-1-2-7-25(24)26(31)30-23-14-12-22(13-15-23)29-18-16-21-5-3-4-17-28-21/h1-15,17,29H,16,18H2,(H,30,31). The molecule has 0 saturated heterocycles. The number of halogens is 1. The molecule has 0 radical (unpaired) electrons. The number of carbonyl (C=O) groups is 1. The first-order chi connectivity index (χ1) is 15.2. The number of benzene rings is 3. The minimum atomic E-state index is -0.151. The normalized spacial score (nSPS) is 10.5. The van der Waals surface area contributed by atoms with Gasteiger partial charge in [-0.25, -0.2) is 0 Å². The Morgan fingerprint density at radius 1 is 0.806 bits per heavy atom. The lowest BCUT2D eigenvalue weighted by atomic mass is 9.99. The van der Waals surface area contributed by atoms with Crippen molar-refractivity contribution in [3.8, 4) is 11.1 Å². The fourth-order valence-corrected chi connectivity index (χ4v) is 3.44. The Kier molecular flexibility index (Phi) is 6.60. The molecule has 0 saturated carbocycles. The molecule has 154 valence electrons. The lowest BCUT2D eigenvalue weighted by Crippen LogP contribution is -2.13. The van der Waals surface area contributed by atoms with Crippen molar-refractivity contribution in [2.24, 2.45) is 0 Å². The van der Waals surface area contributed by atoms with Gasteiger partial charge in [-0.2, -0.15) is 0 Å². The van der Waals surface area contributed by atoms with E-state index in [-0.39, 0.29) is 5.91 Å². The Morgan fingerprint density at radius 2 is 1.52 bits per heavy atom. The maximum absolute atomic E-state index is 12.9. The molecule has 0 spiro atoms. The molecule has 4 aromatic rings. The van der Waals surface area contributed by atoms with Crippen LogP contribution in [0, 0.1) is 0 Å². The van der Waals surface area contributed by atoms with E-state index in [0.717, 1.165) is 41.2 Å². The molecular weight excluding hydrogens is 406 g/mol. The third kappa shape index (κ3) is 5.50. The maximum atomic E-state index is 12.9. The van der Waals surface area contributed by atoms with Gasteiger partial charge >= 0.3 is 0 Å². The predicted octanol–water partition coefficient (Wildman–Crippen LogP) is 6.31. The van der Waals surface area contributed by atoms with Crippen LogP contribution in [-0.2, 0) is 6.42 Å². The Balaban J connectivity index is 1.39. The van der Waals surface area contributed by atoms with Crippen molar-refractivity contribution < 1.29 is 4.79 Å². The second-order valence-electron chi connectivity index (χ2n) is 7.08. The molecule has 4 nitrogen and oxygen atoms in total. The maximum Gasteiger partial charge on any atom is 0.256 e. The zero-order valence-corrected chi connectivity index (χ0v) is 17.6. The van der Waals surface area contributed by atoms with Crippen LogP contribution in [-0.4, -0.2) is 17.4 Å². The van der Waals surface area contributed by atoms with Crippen LogP contribution >= 0.6 is 11.6 Å². The lowest BCUT2D eigenvalue weighted by molar-refractivity contribution is 0.102. The number of anilines is 2. The van der Waals surface area contributed by atoms with Gasteiger partial charge in [0.2, 0.25) is 0 Å². The number of nitrogens with one attached hydrogen (secondary N) is 2. The van der Waals surface area contributed by atoms with Gasteiger partial charge in [-0.3, -0.25) is 9.78 Å². The van der Waals surface area contributed by atoms with Crippen molar-refractivity contribution in [1.29, 1.82) is 0 Å². The molecule has 1 aromatic heterocycles. The van der Waals surface area contributed by atoms with E-state index in [1.54, 1.807) is 6.20 Å². The molecule has 0 bridgehead atoms. The average molecular weight is 428 g/mol. The number of rotatable bonds is 7. The zero-order chi connectivity index (χ0) is 21.5. The zero-order valence-electron chi connectivity index (χ0n) is 16.9. The topological polar surface area (TPSA) is 54.0 Å². The van der Waals surface area contributed by atoms with E-state index in [2.05, 4.69) is 15.6 Å². The monoisotopic (exact) mass is 427 g/mol. The molecule has 3 aromatic carbocycles. The summed E-state index contributed by atoms with van der Waals surface area (Å²) in [6, 6.07) is 28.7. The second kappa shape index (κ2) is 9.92. The Labute approximate surface area is 186 Å². The van der Waals surface area contributed by atoms with Gasteiger partial charge in [0.1, 0.15) is 0 Å². The van der Waals surface area contributed by atoms with Crippen LogP contribution in [0.4, 0.5) is 11.4 Å². The van der Waals surface area contributed by atoms with E-state index in [1.807, 2.05) is 91.0 Å². The van der Waals surface area contributed by atoms with Crippen molar-refractivity contribution in [2.75, 3.05) is 17.2 Å². The van der Waals surface area contributed by atoms with Crippen molar-refractivity contribution >= 4 is 28.9 Å². The Hall–Kier alpha value is -3.63. The van der Waals surface area contributed by atoms with Gasteiger partial charge in [-0.1, -0.05) is 48.0 Å². The van der Waals surface area contributed by atoms with Crippen LogP contribution < -0.4 is 10.6 Å². The number of carbonyl (C=O) groups excluding carboxylic acids is 1. The van der Waals surface area contributed by atoms with E-state index >= 15 is 0 Å². The summed E-state index contributed by atoms with van der Waals surface area (Å²) in [5, 5.41) is 7.03. The SMILES string of the molecule is O=C(Nc1ccc(NCCc2ccccn2)cc1)c1ccccc1-c1ccc(Cl)cc1. The minimum Gasteiger partial charge on any atom is -0.385 e. The van der Waals surface area contributed by atoms with Gasteiger partial charge < -0.3 is 10.6 Å². The molecule has 5 heteroatoms. The number of hydrogen-bond acceptors (Lipinski definition) is 3. The first kappa shape index (κ1) is 20.6. The summed E-state index contributed by atoms with van der Waals surface area (Å²) in [6.07, 6.45) is 2.65. The van der Waals surface area contributed by atoms with Crippen molar-refractivity contribution in [1.82, 2.24) is 4.98 Å². The van der Waals surface area contributed by atoms with Gasteiger partial charge in [0.05, 0.1) is 0 Å². The first-order valence-corrected chi connectivity index (χ1v) is 10.5. The van der Waals surface area contributed by atoms with Crippen LogP contribution in [0.25, 0.3) is 11.1 Å². The van der Waals surface area contributed by atoms with Crippen LogP contribution in [0.3, 0.4) is 0 Å². The summed E-state index contributed by atoms with van der Waals surface area (Å²) < 4.78 is 0. The van der Waals surface area contributed by atoms with Gasteiger partial charge in [0, 0.05) is 46.8 Å². The van der Waals surface area contributed by atoms with Crippen LogP contribution in [0.5, 0.6) is 0 Å². The number of hydrogen-bond donors (Lipinski definition) is 2. The molecule has 2 N–H and O–H groups in total. The molecule has 4 rings (SSSR count). The molecule has 0 atom stereocenters. The molecule has 0 aliphatic carbocycles. The van der Waals surface area contributed by atoms with Crippen LogP contribution in [0.15, 0.2) is 97.2 Å². The van der Waals surface area contributed by atoms with Gasteiger partial charge in [-0.05, 0) is 65.7 Å². The second-order valence-corrected chi connectivity index (χ2v) is 7.52. The molecule has 0 aliphatic rings. The highest BCUT2D eigenvalue weighted by Crippen LogP contribution is 2.26. The summed E-state index contributed by atoms with van der Waals surface area (Å²) in [6.45, 7) is 0.789. The first-order valence-electron chi connectivity index (χ1n) is 10.1. The predicted molar refractivity (Wildman–Crippen MR) is 128 cm³/mol. The smallest absolute Gasteiger partial charge is 0.256 e. The Bertz CT molecular complexity index is 1140. The van der Waals surface area contributed by atoms with Crippen molar-refractivity contribution in [2.45, 2.75) is 6.42 Å². The summed E-state index contributed by atoms with van der Waals surface area (Å²) in [5.41, 5.74) is 5.22. The molecule has 0 aliphatic heterocycles. The summed E-state index contributed by atoms with van der Waals surface area (Å²) >= 11 is 6.00. The van der Waals surface area contributed by atoms with E-state index in [4.69, 9.17) is 11.6 Å². The van der Waals surface area contributed by atoms with Gasteiger partial charge in [0.15, 0.2) is 0 Å². The largest absolute Gasteiger partial charge is 0.385 e. The fraction of sp³-hybridized carbons (Fsp3) is 0.0769. The van der Waals surface area contributed by atoms with Crippen molar-refractivity contribution in [3.05, 3.63) is 113 Å². The molecule has 0 unspecified atom stereocenters. The lowest BCUT2D eigenvalue weighted by Gasteiger charge is -2.12. The average Bonchev–Trinajstić information content (AvgIpc) is 2.81. The van der Waals surface area contributed by atoms with E-state index in [0.29, 0.717) is 10.6 Å². The molecule has 31 heavy (non-hydrogen) atoms. The van der Waals surface area contributed by atoms with Gasteiger partial charge in [0.25, 0.3) is 5.91 Å². The van der Waals surface area contributed by atoms with E-state index < -0.39 is 0 Å². The van der Waals surface area contributed by atoms with E-state index in [9.17, 15) is 4.79 Å². The summed E-state index contributed by atoms with van der Waals surface area (Å²) in [5.74, 6) is -0.151. The number of aromatic nitrogens is 1. The van der Waals surface area contributed by atoms with E-state index in [1.165, 1.54) is 0 Å². The third-order valence-electron chi connectivity index (χ3n) is 4.91. The number of amides is 1. The van der Waals surface area contributed by atoms with Crippen LogP contribution in [0.2, 0.25) is 5.02 Å². The summed E-state index contributed by atoms with van der Waals surface area (Å²) in [4.78, 5) is 17.3. The molecule has 1 heterocycles. The third-order valence-corrected chi connectivity index (χ3v) is 5.16. The number of nitrogens with zero attached hydrogens (tertiary/aromatic N) is 1. The van der Waals surface area contributed by atoms with Gasteiger partial charge in [-0.15, -0.1) is 0 Å². The quantitative estimate of drug-likeness (QED) is 0.363.